The number of carbonyl (C=O) groups is 1. The highest BCUT2D eigenvalue weighted by Gasteiger charge is 2.28. The molecule has 1 atom stereocenters. The zero-order chi connectivity index (χ0) is 16.5. The standard InChI is InChI=1S/C14H18BrN3O4/c1-14(2,3)22-13(19)17-10-5-8-4-9(15)6-11(18(20)21)12(8)16-7-10/h4,6,10,16H,5,7H2,1-3H3,(H,17,19). The van der Waals surface area contributed by atoms with Crippen LogP contribution in [0.25, 0.3) is 0 Å². The number of anilines is 1. The van der Waals surface area contributed by atoms with Crippen molar-refractivity contribution in [3.8, 4) is 0 Å². The van der Waals surface area contributed by atoms with Gasteiger partial charge in [0.1, 0.15) is 11.3 Å². The number of nitrogens with one attached hydrogen (secondary N) is 2. The first kappa shape index (κ1) is 16.5. The van der Waals surface area contributed by atoms with Gasteiger partial charge in [0.25, 0.3) is 5.69 Å². The first-order valence-corrected chi connectivity index (χ1v) is 7.65. The van der Waals surface area contributed by atoms with Gasteiger partial charge in [-0.1, -0.05) is 15.9 Å². The summed E-state index contributed by atoms with van der Waals surface area (Å²) < 4.78 is 5.86. The molecule has 120 valence electrons. The largest absolute Gasteiger partial charge is 0.444 e. The van der Waals surface area contributed by atoms with Gasteiger partial charge in [-0.15, -0.1) is 0 Å². The van der Waals surface area contributed by atoms with Crippen LogP contribution in [-0.4, -0.2) is 29.2 Å². The molecule has 8 heteroatoms. The summed E-state index contributed by atoms with van der Waals surface area (Å²) in [6, 6.07) is 3.10. The van der Waals surface area contributed by atoms with Crippen LogP contribution < -0.4 is 10.6 Å². The third-order valence-corrected chi connectivity index (χ3v) is 3.53. The van der Waals surface area contributed by atoms with Gasteiger partial charge in [0.2, 0.25) is 0 Å². The molecule has 2 N–H and O–H groups in total. The number of carbonyl (C=O) groups excluding carboxylic acids is 1. The van der Waals surface area contributed by atoms with Crippen LogP contribution in [0.5, 0.6) is 0 Å². The fourth-order valence-corrected chi connectivity index (χ4v) is 2.79. The molecule has 0 bridgehead atoms. The number of nitro groups is 1. The van der Waals surface area contributed by atoms with Crippen LogP contribution >= 0.6 is 15.9 Å². The lowest BCUT2D eigenvalue weighted by Crippen LogP contribution is -2.45. The monoisotopic (exact) mass is 371 g/mol. The van der Waals surface area contributed by atoms with Crippen molar-refractivity contribution in [3.05, 3.63) is 32.3 Å². The number of hydrogen-bond acceptors (Lipinski definition) is 5. The SMILES string of the molecule is CC(C)(C)OC(=O)NC1CNc2c(cc(Br)cc2[N+](=O)[O-])C1. The number of amides is 1. The van der Waals surface area contributed by atoms with Gasteiger partial charge in [0, 0.05) is 17.1 Å². The van der Waals surface area contributed by atoms with Crippen LogP contribution in [0.2, 0.25) is 0 Å². The van der Waals surface area contributed by atoms with Crippen LogP contribution in [0.4, 0.5) is 16.2 Å². The number of alkyl carbamates (subject to hydrolysis) is 1. The van der Waals surface area contributed by atoms with Crippen molar-refractivity contribution in [1.29, 1.82) is 0 Å². The number of hydrogen-bond donors (Lipinski definition) is 2. The summed E-state index contributed by atoms with van der Waals surface area (Å²) >= 11 is 3.28. The Morgan fingerprint density at radius 3 is 2.77 bits per heavy atom. The first-order chi connectivity index (χ1) is 10.2. The number of fused-ring (bicyclic) bond motifs is 1. The molecule has 1 heterocycles. The quantitative estimate of drug-likeness (QED) is 0.614. The molecule has 0 spiro atoms. The molecule has 1 aliphatic heterocycles. The Morgan fingerprint density at radius 1 is 1.50 bits per heavy atom. The molecule has 1 unspecified atom stereocenters. The maximum atomic E-state index is 11.8. The summed E-state index contributed by atoms with van der Waals surface area (Å²) in [5, 5.41) is 16.9. The molecule has 2 rings (SSSR count). The molecule has 0 saturated heterocycles. The van der Waals surface area contributed by atoms with Gasteiger partial charge in [-0.25, -0.2) is 4.79 Å². The zero-order valence-corrected chi connectivity index (χ0v) is 14.2. The van der Waals surface area contributed by atoms with Crippen molar-refractivity contribution in [3.63, 3.8) is 0 Å². The third kappa shape index (κ3) is 4.09. The predicted octanol–water partition coefficient (Wildman–Crippen LogP) is 3.22. The van der Waals surface area contributed by atoms with E-state index in [1.807, 2.05) is 6.07 Å². The normalized spacial score (nSPS) is 17.2. The predicted molar refractivity (Wildman–Crippen MR) is 86.1 cm³/mol. The summed E-state index contributed by atoms with van der Waals surface area (Å²) in [4.78, 5) is 22.5. The van der Waals surface area contributed by atoms with E-state index in [-0.39, 0.29) is 11.7 Å². The van der Waals surface area contributed by atoms with Crippen molar-refractivity contribution in [1.82, 2.24) is 5.32 Å². The molecular formula is C14H18BrN3O4. The fraction of sp³-hybridized carbons (Fsp3) is 0.500. The Hall–Kier alpha value is -1.83. The number of halogens is 1. The fourth-order valence-electron chi connectivity index (χ4n) is 2.30. The second-order valence-electron chi connectivity index (χ2n) is 6.14. The second-order valence-corrected chi connectivity index (χ2v) is 7.06. The smallest absolute Gasteiger partial charge is 0.407 e. The number of nitrogens with zero attached hydrogens (tertiary/aromatic N) is 1. The van der Waals surface area contributed by atoms with Gasteiger partial charge in [-0.2, -0.15) is 0 Å². The Morgan fingerprint density at radius 2 is 2.18 bits per heavy atom. The minimum absolute atomic E-state index is 0.0279. The van der Waals surface area contributed by atoms with Crippen molar-refractivity contribution in [2.75, 3.05) is 11.9 Å². The van der Waals surface area contributed by atoms with Crippen LogP contribution in [-0.2, 0) is 11.2 Å². The highest BCUT2D eigenvalue weighted by molar-refractivity contribution is 9.10. The van der Waals surface area contributed by atoms with E-state index < -0.39 is 16.6 Å². The minimum Gasteiger partial charge on any atom is -0.444 e. The van der Waals surface area contributed by atoms with E-state index in [1.54, 1.807) is 20.8 Å². The van der Waals surface area contributed by atoms with E-state index in [0.717, 1.165) is 5.56 Å². The van der Waals surface area contributed by atoms with E-state index in [1.165, 1.54) is 6.07 Å². The van der Waals surface area contributed by atoms with Gasteiger partial charge in [-0.05, 0) is 38.8 Å². The van der Waals surface area contributed by atoms with E-state index in [0.29, 0.717) is 23.1 Å². The lowest BCUT2D eigenvalue weighted by molar-refractivity contribution is -0.384. The topological polar surface area (TPSA) is 93.5 Å². The molecule has 7 nitrogen and oxygen atoms in total. The van der Waals surface area contributed by atoms with Crippen molar-refractivity contribution >= 4 is 33.4 Å². The van der Waals surface area contributed by atoms with Gasteiger partial charge in [0.15, 0.2) is 0 Å². The van der Waals surface area contributed by atoms with Gasteiger partial charge >= 0.3 is 6.09 Å². The molecule has 0 saturated carbocycles. The van der Waals surface area contributed by atoms with Crippen molar-refractivity contribution < 1.29 is 14.5 Å². The Balaban J connectivity index is 2.12. The number of ether oxygens (including phenoxy) is 1. The summed E-state index contributed by atoms with van der Waals surface area (Å²) in [5.41, 5.74) is 0.759. The Labute approximate surface area is 136 Å². The zero-order valence-electron chi connectivity index (χ0n) is 12.6. The summed E-state index contributed by atoms with van der Waals surface area (Å²) in [7, 11) is 0. The Kier molecular flexibility index (Phi) is 4.60. The number of rotatable bonds is 2. The molecule has 0 aromatic heterocycles. The molecule has 1 aromatic rings. The maximum Gasteiger partial charge on any atom is 0.407 e. The molecule has 1 aromatic carbocycles. The van der Waals surface area contributed by atoms with Crippen LogP contribution in [0, 0.1) is 10.1 Å². The van der Waals surface area contributed by atoms with Gasteiger partial charge < -0.3 is 15.4 Å². The van der Waals surface area contributed by atoms with E-state index in [4.69, 9.17) is 4.74 Å². The Bertz CT molecular complexity index is 613. The first-order valence-electron chi connectivity index (χ1n) is 6.86. The van der Waals surface area contributed by atoms with Crippen molar-refractivity contribution in [2.45, 2.75) is 38.8 Å². The molecule has 1 aliphatic rings. The van der Waals surface area contributed by atoms with Gasteiger partial charge in [-0.3, -0.25) is 10.1 Å². The van der Waals surface area contributed by atoms with Crippen LogP contribution in [0.3, 0.4) is 0 Å². The molecular weight excluding hydrogens is 354 g/mol. The van der Waals surface area contributed by atoms with E-state index in [2.05, 4.69) is 26.6 Å². The molecule has 0 aliphatic carbocycles. The van der Waals surface area contributed by atoms with Crippen LogP contribution in [0.1, 0.15) is 26.3 Å². The van der Waals surface area contributed by atoms with E-state index in [9.17, 15) is 14.9 Å². The molecule has 1 amide bonds. The second kappa shape index (κ2) is 6.12. The molecule has 22 heavy (non-hydrogen) atoms. The number of benzene rings is 1. The summed E-state index contributed by atoms with van der Waals surface area (Å²) in [5.74, 6) is 0. The third-order valence-electron chi connectivity index (χ3n) is 3.07. The highest BCUT2D eigenvalue weighted by atomic mass is 79.9. The summed E-state index contributed by atoms with van der Waals surface area (Å²) in [6.45, 7) is 5.79. The maximum absolute atomic E-state index is 11.8. The average Bonchev–Trinajstić information content (AvgIpc) is 2.34. The number of nitro benzene ring substituents is 1. The van der Waals surface area contributed by atoms with Gasteiger partial charge in [0.05, 0.1) is 11.0 Å². The lowest BCUT2D eigenvalue weighted by Gasteiger charge is -2.28. The lowest BCUT2D eigenvalue weighted by atomic mass is 9.99. The molecule has 0 radical (unpaired) electrons. The van der Waals surface area contributed by atoms with Crippen molar-refractivity contribution in [2.24, 2.45) is 0 Å². The average molecular weight is 372 g/mol. The molecule has 0 fully saturated rings. The van der Waals surface area contributed by atoms with Crippen LogP contribution in [0.15, 0.2) is 16.6 Å². The minimum atomic E-state index is -0.564. The summed E-state index contributed by atoms with van der Waals surface area (Å²) in [6.07, 6.45) is 0.00855. The highest BCUT2D eigenvalue weighted by Crippen LogP contribution is 2.35. The van der Waals surface area contributed by atoms with E-state index >= 15 is 0 Å².